The van der Waals surface area contributed by atoms with Gasteiger partial charge in [0.1, 0.15) is 17.8 Å². The summed E-state index contributed by atoms with van der Waals surface area (Å²) in [6.45, 7) is 5.12. The van der Waals surface area contributed by atoms with Crippen molar-refractivity contribution in [3.8, 4) is 0 Å². The van der Waals surface area contributed by atoms with Crippen molar-refractivity contribution >= 4 is 45.3 Å². The zero-order valence-corrected chi connectivity index (χ0v) is 19.9. The third-order valence-corrected chi connectivity index (χ3v) is 6.79. The predicted molar refractivity (Wildman–Crippen MR) is 124 cm³/mol. The molecule has 9 nitrogen and oxygen atoms in total. The summed E-state index contributed by atoms with van der Waals surface area (Å²) in [4.78, 5) is 49.6. The minimum Gasteiger partial charge on any atom is -0.456 e. The van der Waals surface area contributed by atoms with Crippen LogP contribution in [-0.4, -0.2) is 60.4 Å². The van der Waals surface area contributed by atoms with Gasteiger partial charge >= 0.3 is 5.97 Å². The maximum atomic E-state index is 12.8. The molecule has 1 heterocycles. The Balaban J connectivity index is 3.11. The molecule has 174 valence electrons. The molecular formula is C20H32N4O5S2. The van der Waals surface area contributed by atoms with Crippen LogP contribution in [0.5, 0.6) is 0 Å². The molecule has 1 rings (SSSR count). The number of esters is 1. The highest BCUT2D eigenvalue weighted by molar-refractivity contribution is 8.76. The van der Waals surface area contributed by atoms with E-state index < -0.39 is 36.0 Å². The van der Waals surface area contributed by atoms with Crippen LogP contribution < -0.4 is 21.7 Å². The minimum atomic E-state index is -0.963. The van der Waals surface area contributed by atoms with Crippen molar-refractivity contribution in [1.29, 1.82) is 0 Å². The fraction of sp³-hybridized carbons (Fsp3) is 0.600. The highest BCUT2D eigenvalue weighted by atomic mass is 33.1. The average Bonchev–Trinajstić information content (AvgIpc) is 2.73. The Labute approximate surface area is 191 Å². The Morgan fingerprint density at radius 2 is 2.06 bits per heavy atom. The van der Waals surface area contributed by atoms with E-state index in [-0.39, 0.29) is 23.9 Å². The molecule has 0 aromatic rings. The second kappa shape index (κ2) is 14.2. The van der Waals surface area contributed by atoms with Gasteiger partial charge in [-0.05, 0) is 25.3 Å². The Morgan fingerprint density at radius 1 is 1.35 bits per heavy atom. The van der Waals surface area contributed by atoms with Crippen LogP contribution in [-0.2, 0) is 23.9 Å². The summed E-state index contributed by atoms with van der Waals surface area (Å²) in [7, 11) is 4.53. The van der Waals surface area contributed by atoms with Crippen LogP contribution in [0.4, 0.5) is 0 Å². The zero-order valence-electron chi connectivity index (χ0n) is 18.3. The summed E-state index contributed by atoms with van der Waals surface area (Å²) in [5, 5.41) is 7.65. The number of nitrogens with two attached hydrogens (primary N) is 1. The van der Waals surface area contributed by atoms with E-state index >= 15 is 0 Å². The third kappa shape index (κ3) is 9.79. The molecular weight excluding hydrogens is 440 g/mol. The van der Waals surface area contributed by atoms with Crippen molar-refractivity contribution in [3.63, 3.8) is 0 Å². The lowest BCUT2D eigenvalue weighted by Crippen LogP contribution is -2.50. The quantitative estimate of drug-likeness (QED) is 0.205. The van der Waals surface area contributed by atoms with E-state index in [9.17, 15) is 19.2 Å². The van der Waals surface area contributed by atoms with Crippen LogP contribution in [0.3, 0.4) is 0 Å². The van der Waals surface area contributed by atoms with Gasteiger partial charge < -0.3 is 26.4 Å². The number of cyclic esters (lactones) is 1. The van der Waals surface area contributed by atoms with Crippen LogP contribution in [0.25, 0.3) is 0 Å². The number of allylic oxidation sites excluding steroid dienone is 2. The molecule has 31 heavy (non-hydrogen) atoms. The standard InChI is InChI=1S/C20H32N4O5S2/c1-5-15-19(27)24-17(12(2)3)20(28)29-13(10-16(25)22-4)8-6-7-9-30-31-11-14(21)18(26)23-15/h5-6,8,12-14,17H,7,9-11,21H2,1-4H3,(H,22,25)(H,23,26)(H,24,27)/b8-6+,15-5-/t13-,14-,17+/m1/s1. The Hall–Kier alpha value is -1.98. The van der Waals surface area contributed by atoms with Crippen LogP contribution in [0, 0.1) is 5.92 Å². The van der Waals surface area contributed by atoms with E-state index in [1.54, 1.807) is 37.6 Å². The van der Waals surface area contributed by atoms with Crippen LogP contribution in [0.2, 0.25) is 0 Å². The van der Waals surface area contributed by atoms with Gasteiger partial charge in [0.15, 0.2) is 0 Å². The van der Waals surface area contributed by atoms with Gasteiger partial charge in [-0.2, -0.15) is 0 Å². The first-order chi connectivity index (χ1) is 14.7. The molecule has 3 amide bonds. The van der Waals surface area contributed by atoms with Crippen molar-refractivity contribution in [2.24, 2.45) is 11.7 Å². The van der Waals surface area contributed by atoms with Gasteiger partial charge in [-0.3, -0.25) is 14.4 Å². The SMILES string of the molecule is C/C=C1\NC(=O)[C@H](N)CSSCC/C=C/[C@H](CC(=O)NC)OC(=O)[C@H](C(C)C)NC1=O. The minimum absolute atomic E-state index is 0.00248. The summed E-state index contributed by atoms with van der Waals surface area (Å²) in [6.07, 6.45) is 4.88. The molecule has 1 aliphatic rings. The highest BCUT2D eigenvalue weighted by Crippen LogP contribution is 2.23. The van der Waals surface area contributed by atoms with Crippen molar-refractivity contribution in [3.05, 3.63) is 23.9 Å². The second-order valence-corrected chi connectivity index (χ2v) is 9.80. The molecule has 0 radical (unpaired) electrons. The number of ether oxygens (including phenoxy) is 1. The lowest BCUT2D eigenvalue weighted by Gasteiger charge is -2.24. The van der Waals surface area contributed by atoms with Crippen molar-refractivity contribution in [2.75, 3.05) is 18.6 Å². The van der Waals surface area contributed by atoms with Gasteiger partial charge in [-0.1, -0.05) is 47.6 Å². The first-order valence-corrected chi connectivity index (χ1v) is 12.5. The molecule has 5 N–H and O–H groups in total. The Kier molecular flexibility index (Phi) is 12.4. The van der Waals surface area contributed by atoms with Crippen molar-refractivity contribution < 1.29 is 23.9 Å². The van der Waals surface area contributed by atoms with Gasteiger partial charge in [0.05, 0.1) is 12.5 Å². The topological polar surface area (TPSA) is 140 Å². The number of carbonyl (C=O) groups is 4. The van der Waals surface area contributed by atoms with Gasteiger partial charge in [-0.15, -0.1) is 0 Å². The summed E-state index contributed by atoms with van der Waals surface area (Å²) in [5.74, 6) is -1.17. The largest absolute Gasteiger partial charge is 0.456 e. The molecule has 0 aromatic carbocycles. The number of hydrogen-bond donors (Lipinski definition) is 4. The lowest BCUT2D eigenvalue weighted by molar-refractivity contribution is -0.153. The monoisotopic (exact) mass is 472 g/mol. The lowest BCUT2D eigenvalue weighted by atomic mass is 10.0. The summed E-state index contributed by atoms with van der Waals surface area (Å²) >= 11 is 0. The average molecular weight is 473 g/mol. The number of carbonyl (C=O) groups excluding carboxylic acids is 4. The number of rotatable bonds is 3. The Morgan fingerprint density at radius 3 is 2.68 bits per heavy atom. The molecule has 1 aliphatic heterocycles. The molecule has 0 fully saturated rings. The van der Waals surface area contributed by atoms with Crippen LogP contribution in [0.15, 0.2) is 23.9 Å². The number of hydrogen-bond acceptors (Lipinski definition) is 8. The number of amides is 3. The fourth-order valence-electron chi connectivity index (χ4n) is 2.48. The maximum absolute atomic E-state index is 12.8. The van der Waals surface area contributed by atoms with Crippen molar-refractivity contribution in [2.45, 2.75) is 51.8 Å². The maximum Gasteiger partial charge on any atom is 0.329 e. The smallest absolute Gasteiger partial charge is 0.329 e. The normalized spacial score (nSPS) is 27.1. The summed E-state index contributed by atoms with van der Waals surface area (Å²) in [5.41, 5.74) is 5.92. The van der Waals surface area contributed by atoms with Gasteiger partial charge in [0.25, 0.3) is 5.91 Å². The first kappa shape index (κ1) is 27.1. The summed E-state index contributed by atoms with van der Waals surface area (Å²) < 4.78 is 5.54. The molecule has 0 saturated carbocycles. The van der Waals surface area contributed by atoms with E-state index in [0.29, 0.717) is 12.2 Å². The molecule has 3 atom stereocenters. The Bertz CT molecular complexity index is 712. The molecule has 0 bridgehead atoms. The fourth-order valence-corrected chi connectivity index (χ4v) is 4.59. The summed E-state index contributed by atoms with van der Waals surface area (Å²) in [6, 6.07) is -1.75. The molecule has 0 unspecified atom stereocenters. The first-order valence-electron chi connectivity index (χ1n) is 10.0. The van der Waals surface area contributed by atoms with Gasteiger partial charge in [-0.25, -0.2) is 4.79 Å². The van der Waals surface area contributed by atoms with Crippen LogP contribution in [0.1, 0.15) is 33.6 Å². The van der Waals surface area contributed by atoms with E-state index in [4.69, 9.17) is 10.5 Å². The molecule has 0 aliphatic carbocycles. The second-order valence-electron chi connectivity index (χ2n) is 7.17. The van der Waals surface area contributed by atoms with Gasteiger partial charge in [0.2, 0.25) is 11.8 Å². The third-order valence-electron chi connectivity index (χ3n) is 4.32. The number of nitrogens with one attached hydrogen (secondary N) is 3. The van der Waals surface area contributed by atoms with Crippen molar-refractivity contribution in [1.82, 2.24) is 16.0 Å². The van der Waals surface area contributed by atoms with E-state index in [1.165, 1.54) is 23.9 Å². The molecule has 0 saturated heterocycles. The van der Waals surface area contributed by atoms with Gasteiger partial charge in [0, 0.05) is 18.6 Å². The van der Waals surface area contributed by atoms with E-state index in [2.05, 4.69) is 16.0 Å². The molecule has 0 spiro atoms. The molecule has 0 aromatic heterocycles. The van der Waals surface area contributed by atoms with E-state index in [1.807, 2.05) is 6.08 Å². The molecule has 11 heteroatoms. The predicted octanol–water partition coefficient (Wildman–Crippen LogP) is 0.864. The highest BCUT2D eigenvalue weighted by Gasteiger charge is 2.29. The zero-order chi connectivity index (χ0) is 23.4. The van der Waals surface area contributed by atoms with Crippen LogP contribution >= 0.6 is 21.6 Å². The van der Waals surface area contributed by atoms with E-state index in [0.717, 1.165) is 5.75 Å².